The Balaban J connectivity index is 1.84. The number of likely N-dealkylation sites (tertiary alicyclic amines) is 1. The van der Waals surface area contributed by atoms with Crippen LogP contribution in [0.2, 0.25) is 0 Å². The Bertz CT molecular complexity index is 396. The molecule has 1 aliphatic rings. The fraction of sp³-hybridized carbons (Fsp3) is 0.625. The predicted octanol–water partition coefficient (Wildman–Crippen LogP) is 2.61. The zero-order valence-corrected chi connectivity index (χ0v) is 12.1. The standard InChI is InChI=1S/C16H24FNO2/c1-2-20-12-13-4-3-9-18(10-13)11-16(19)14-5-7-15(17)8-6-14/h5-8,13,16,19H,2-4,9-12H2,1H3. The Morgan fingerprint density at radius 1 is 1.40 bits per heavy atom. The minimum atomic E-state index is -0.554. The lowest BCUT2D eigenvalue weighted by Gasteiger charge is -2.33. The molecule has 1 aromatic carbocycles. The second kappa shape index (κ2) is 7.72. The maximum Gasteiger partial charge on any atom is 0.123 e. The third-order valence-corrected chi connectivity index (χ3v) is 3.85. The molecule has 1 heterocycles. The molecule has 0 aliphatic carbocycles. The number of benzene rings is 1. The lowest BCUT2D eigenvalue weighted by atomic mass is 9.98. The van der Waals surface area contributed by atoms with Crippen molar-refractivity contribution in [3.05, 3.63) is 35.6 Å². The lowest BCUT2D eigenvalue weighted by molar-refractivity contribution is 0.0441. The normalized spacial score (nSPS) is 21.9. The molecule has 1 fully saturated rings. The summed E-state index contributed by atoms with van der Waals surface area (Å²) in [6.45, 7) is 6.17. The Morgan fingerprint density at radius 3 is 2.85 bits per heavy atom. The van der Waals surface area contributed by atoms with Gasteiger partial charge in [-0.15, -0.1) is 0 Å². The smallest absolute Gasteiger partial charge is 0.123 e. The Morgan fingerprint density at radius 2 is 2.15 bits per heavy atom. The maximum absolute atomic E-state index is 12.9. The molecule has 2 unspecified atom stereocenters. The number of piperidine rings is 1. The van der Waals surface area contributed by atoms with Crippen molar-refractivity contribution < 1.29 is 14.2 Å². The Kier molecular flexibility index (Phi) is 5.95. The van der Waals surface area contributed by atoms with Crippen molar-refractivity contribution in [2.75, 3.05) is 32.8 Å². The summed E-state index contributed by atoms with van der Waals surface area (Å²) in [6, 6.07) is 6.10. The van der Waals surface area contributed by atoms with E-state index in [9.17, 15) is 9.50 Å². The van der Waals surface area contributed by atoms with Gasteiger partial charge < -0.3 is 14.7 Å². The molecule has 0 amide bonds. The second-order valence-electron chi connectivity index (χ2n) is 5.49. The summed E-state index contributed by atoms with van der Waals surface area (Å²) in [4.78, 5) is 2.28. The van der Waals surface area contributed by atoms with E-state index in [1.54, 1.807) is 12.1 Å². The molecule has 0 spiro atoms. The fourth-order valence-electron chi connectivity index (χ4n) is 2.77. The highest BCUT2D eigenvalue weighted by Crippen LogP contribution is 2.21. The van der Waals surface area contributed by atoms with E-state index >= 15 is 0 Å². The van der Waals surface area contributed by atoms with Crippen molar-refractivity contribution in [1.82, 2.24) is 4.90 Å². The van der Waals surface area contributed by atoms with Gasteiger partial charge in [-0.2, -0.15) is 0 Å². The van der Waals surface area contributed by atoms with Crippen LogP contribution in [0.15, 0.2) is 24.3 Å². The summed E-state index contributed by atoms with van der Waals surface area (Å²) in [7, 11) is 0. The highest BCUT2D eigenvalue weighted by atomic mass is 19.1. The van der Waals surface area contributed by atoms with Crippen LogP contribution < -0.4 is 0 Å². The van der Waals surface area contributed by atoms with Crippen molar-refractivity contribution in [3.63, 3.8) is 0 Å². The summed E-state index contributed by atoms with van der Waals surface area (Å²) in [5, 5.41) is 10.2. The molecule has 0 radical (unpaired) electrons. The van der Waals surface area contributed by atoms with Gasteiger partial charge in [0, 0.05) is 19.7 Å². The number of rotatable bonds is 6. The minimum absolute atomic E-state index is 0.268. The molecule has 20 heavy (non-hydrogen) atoms. The average Bonchev–Trinajstić information content (AvgIpc) is 2.46. The molecule has 0 aromatic heterocycles. The van der Waals surface area contributed by atoms with Crippen LogP contribution in [0.25, 0.3) is 0 Å². The van der Waals surface area contributed by atoms with E-state index in [1.807, 2.05) is 6.92 Å². The van der Waals surface area contributed by atoms with Crippen molar-refractivity contribution in [2.45, 2.75) is 25.9 Å². The third kappa shape index (κ3) is 4.54. The number of ether oxygens (including phenoxy) is 1. The number of nitrogens with zero attached hydrogens (tertiary/aromatic N) is 1. The fourth-order valence-corrected chi connectivity index (χ4v) is 2.77. The number of aliphatic hydroxyl groups excluding tert-OH is 1. The summed E-state index contributed by atoms with van der Waals surface area (Å²) >= 11 is 0. The zero-order chi connectivity index (χ0) is 14.4. The SMILES string of the molecule is CCOCC1CCCN(CC(O)c2ccc(F)cc2)C1. The van der Waals surface area contributed by atoms with Gasteiger partial charge in [-0.1, -0.05) is 12.1 Å². The highest BCUT2D eigenvalue weighted by Gasteiger charge is 2.22. The summed E-state index contributed by atoms with van der Waals surface area (Å²) in [5.41, 5.74) is 0.776. The van der Waals surface area contributed by atoms with Crippen LogP contribution in [-0.2, 0) is 4.74 Å². The quantitative estimate of drug-likeness (QED) is 0.870. The number of hydrogen-bond donors (Lipinski definition) is 1. The topological polar surface area (TPSA) is 32.7 Å². The van der Waals surface area contributed by atoms with Crippen molar-refractivity contribution in [3.8, 4) is 0 Å². The van der Waals surface area contributed by atoms with Crippen LogP contribution in [0, 0.1) is 11.7 Å². The van der Waals surface area contributed by atoms with Gasteiger partial charge in [0.25, 0.3) is 0 Å². The molecule has 0 saturated carbocycles. The molecule has 2 rings (SSSR count). The van der Waals surface area contributed by atoms with Gasteiger partial charge in [0.05, 0.1) is 12.7 Å². The largest absolute Gasteiger partial charge is 0.387 e. The first-order valence-corrected chi connectivity index (χ1v) is 7.42. The molecule has 2 atom stereocenters. The second-order valence-corrected chi connectivity index (χ2v) is 5.49. The van der Waals surface area contributed by atoms with Gasteiger partial charge in [0.15, 0.2) is 0 Å². The molecule has 1 aromatic rings. The van der Waals surface area contributed by atoms with E-state index in [0.717, 1.165) is 38.3 Å². The van der Waals surface area contributed by atoms with Crippen molar-refractivity contribution in [2.24, 2.45) is 5.92 Å². The van der Waals surface area contributed by atoms with Gasteiger partial charge in [-0.25, -0.2) is 4.39 Å². The number of hydrogen-bond acceptors (Lipinski definition) is 3. The Hall–Kier alpha value is -0.970. The first kappa shape index (κ1) is 15.4. The van der Waals surface area contributed by atoms with Crippen molar-refractivity contribution >= 4 is 0 Å². The van der Waals surface area contributed by atoms with Crippen molar-refractivity contribution in [1.29, 1.82) is 0 Å². The van der Waals surface area contributed by atoms with E-state index in [1.165, 1.54) is 18.6 Å². The van der Waals surface area contributed by atoms with Crippen LogP contribution in [0.1, 0.15) is 31.4 Å². The zero-order valence-electron chi connectivity index (χ0n) is 12.1. The van der Waals surface area contributed by atoms with E-state index in [4.69, 9.17) is 4.74 Å². The average molecular weight is 281 g/mol. The van der Waals surface area contributed by atoms with Gasteiger partial charge in [-0.3, -0.25) is 0 Å². The molecule has 3 nitrogen and oxygen atoms in total. The molecule has 1 aliphatic heterocycles. The highest BCUT2D eigenvalue weighted by molar-refractivity contribution is 5.18. The van der Waals surface area contributed by atoms with Crippen LogP contribution in [-0.4, -0.2) is 42.9 Å². The third-order valence-electron chi connectivity index (χ3n) is 3.85. The molecule has 0 bridgehead atoms. The lowest BCUT2D eigenvalue weighted by Crippen LogP contribution is -2.39. The van der Waals surface area contributed by atoms with E-state index in [2.05, 4.69) is 4.90 Å². The molecule has 4 heteroatoms. The summed E-state index contributed by atoms with van der Waals surface area (Å²) in [5.74, 6) is 0.291. The minimum Gasteiger partial charge on any atom is -0.387 e. The summed E-state index contributed by atoms with van der Waals surface area (Å²) < 4.78 is 18.4. The first-order valence-electron chi connectivity index (χ1n) is 7.42. The van der Waals surface area contributed by atoms with Crippen LogP contribution in [0.3, 0.4) is 0 Å². The summed E-state index contributed by atoms with van der Waals surface area (Å²) in [6.07, 6.45) is 1.79. The van der Waals surface area contributed by atoms with Gasteiger partial charge >= 0.3 is 0 Å². The predicted molar refractivity (Wildman–Crippen MR) is 77.0 cm³/mol. The maximum atomic E-state index is 12.9. The molecule has 1 N–H and O–H groups in total. The molecule has 1 saturated heterocycles. The Labute approximate surface area is 120 Å². The number of halogens is 1. The van der Waals surface area contributed by atoms with Crippen LogP contribution in [0.5, 0.6) is 0 Å². The number of aliphatic hydroxyl groups is 1. The van der Waals surface area contributed by atoms with E-state index in [-0.39, 0.29) is 5.82 Å². The van der Waals surface area contributed by atoms with Crippen LogP contribution >= 0.6 is 0 Å². The first-order chi connectivity index (χ1) is 9.69. The molecular formula is C16H24FNO2. The number of β-amino-alcohol motifs (C(OH)–C–C–N with tert-alkyl or cyclic N) is 1. The van der Waals surface area contributed by atoms with Gasteiger partial charge in [0.1, 0.15) is 5.82 Å². The van der Waals surface area contributed by atoms with E-state index < -0.39 is 6.10 Å². The monoisotopic (exact) mass is 281 g/mol. The van der Waals surface area contributed by atoms with Gasteiger partial charge in [0.2, 0.25) is 0 Å². The molecular weight excluding hydrogens is 257 g/mol. The van der Waals surface area contributed by atoms with E-state index in [0.29, 0.717) is 12.5 Å². The van der Waals surface area contributed by atoms with Crippen LogP contribution in [0.4, 0.5) is 4.39 Å². The van der Waals surface area contributed by atoms with Gasteiger partial charge in [-0.05, 0) is 49.9 Å². The molecule has 112 valence electrons.